The van der Waals surface area contributed by atoms with E-state index in [2.05, 4.69) is 40.3 Å². The first-order valence-corrected chi connectivity index (χ1v) is 6.70. The van der Waals surface area contributed by atoms with Crippen LogP contribution in [0, 0.1) is 0 Å². The van der Waals surface area contributed by atoms with Crippen LogP contribution in [0.1, 0.15) is 30.7 Å². The molecule has 0 saturated carbocycles. The molecule has 2 aromatic heterocycles. The molecule has 4 nitrogen and oxygen atoms in total. The Bertz CT molecular complexity index is 449. The molecule has 0 aliphatic rings. The highest BCUT2D eigenvalue weighted by atomic mass is 32.1. The Kier molecular flexibility index (Phi) is 3.91. The van der Waals surface area contributed by atoms with Crippen molar-refractivity contribution in [3.05, 3.63) is 34.8 Å². The van der Waals surface area contributed by atoms with Crippen molar-refractivity contribution in [2.45, 2.75) is 33.0 Å². The van der Waals surface area contributed by atoms with Gasteiger partial charge in [0, 0.05) is 30.5 Å². The molecule has 0 unspecified atom stereocenters. The van der Waals surface area contributed by atoms with Crippen molar-refractivity contribution in [1.82, 2.24) is 19.4 Å². The molecule has 0 N–H and O–H groups in total. The van der Waals surface area contributed by atoms with Gasteiger partial charge in [0.05, 0.1) is 12.6 Å². The molecular formula is C12H18N4S. The van der Waals surface area contributed by atoms with E-state index in [1.807, 2.05) is 24.0 Å². The number of aromatic nitrogens is 3. The van der Waals surface area contributed by atoms with Gasteiger partial charge in [0.15, 0.2) is 0 Å². The van der Waals surface area contributed by atoms with E-state index < -0.39 is 0 Å². The maximum Gasteiger partial charge on any atom is 0.122 e. The molecule has 0 aliphatic heterocycles. The number of nitrogens with zero attached hydrogens (tertiary/aromatic N) is 4. The maximum atomic E-state index is 4.40. The van der Waals surface area contributed by atoms with Gasteiger partial charge < -0.3 is 4.57 Å². The van der Waals surface area contributed by atoms with Crippen LogP contribution in [0.5, 0.6) is 0 Å². The van der Waals surface area contributed by atoms with E-state index in [0.717, 1.165) is 23.9 Å². The van der Waals surface area contributed by atoms with Crippen LogP contribution in [0.2, 0.25) is 0 Å². The fourth-order valence-corrected chi connectivity index (χ4v) is 2.53. The molecule has 0 bridgehead atoms. The van der Waals surface area contributed by atoms with Crippen molar-refractivity contribution >= 4 is 11.3 Å². The van der Waals surface area contributed by atoms with E-state index in [0.29, 0.717) is 6.04 Å². The highest BCUT2D eigenvalue weighted by Crippen LogP contribution is 2.21. The van der Waals surface area contributed by atoms with Crippen molar-refractivity contribution in [1.29, 1.82) is 0 Å². The Morgan fingerprint density at radius 2 is 2.24 bits per heavy atom. The molecule has 1 atom stereocenters. The van der Waals surface area contributed by atoms with E-state index in [1.54, 1.807) is 11.3 Å². The Morgan fingerprint density at radius 1 is 1.41 bits per heavy atom. The molecule has 5 heteroatoms. The Balaban J connectivity index is 2.04. The van der Waals surface area contributed by atoms with E-state index in [-0.39, 0.29) is 0 Å². The molecular weight excluding hydrogens is 232 g/mol. The second-order valence-corrected chi connectivity index (χ2v) is 5.02. The zero-order valence-corrected chi connectivity index (χ0v) is 11.3. The minimum Gasteiger partial charge on any atom is -0.334 e. The molecule has 2 rings (SSSR count). The van der Waals surface area contributed by atoms with Crippen LogP contribution in [-0.4, -0.2) is 26.5 Å². The van der Waals surface area contributed by atoms with Crippen molar-refractivity contribution in [2.75, 3.05) is 7.05 Å². The molecule has 92 valence electrons. The number of rotatable bonds is 5. The first-order valence-electron chi connectivity index (χ1n) is 5.82. The normalized spacial score (nSPS) is 13.2. The summed E-state index contributed by atoms with van der Waals surface area (Å²) < 4.78 is 2.17. The SMILES string of the molecule is CCn1ccnc1CN(C)[C@@H](C)c1nccs1. The van der Waals surface area contributed by atoms with Crippen molar-refractivity contribution in [3.63, 3.8) is 0 Å². The zero-order chi connectivity index (χ0) is 12.3. The molecule has 0 fully saturated rings. The predicted molar refractivity (Wildman–Crippen MR) is 69.9 cm³/mol. The van der Waals surface area contributed by atoms with Gasteiger partial charge >= 0.3 is 0 Å². The number of imidazole rings is 1. The van der Waals surface area contributed by atoms with E-state index in [1.165, 1.54) is 0 Å². The lowest BCUT2D eigenvalue weighted by molar-refractivity contribution is 0.243. The summed E-state index contributed by atoms with van der Waals surface area (Å²) in [5.74, 6) is 1.11. The predicted octanol–water partition coefficient (Wildman–Crippen LogP) is 2.55. The van der Waals surface area contributed by atoms with Gasteiger partial charge in [0.2, 0.25) is 0 Å². The largest absolute Gasteiger partial charge is 0.334 e. The number of aryl methyl sites for hydroxylation is 1. The Morgan fingerprint density at radius 3 is 2.88 bits per heavy atom. The van der Waals surface area contributed by atoms with Gasteiger partial charge in [0.1, 0.15) is 10.8 Å². The summed E-state index contributed by atoms with van der Waals surface area (Å²) in [6.07, 6.45) is 5.75. The van der Waals surface area contributed by atoms with Crippen molar-refractivity contribution in [2.24, 2.45) is 0 Å². The summed E-state index contributed by atoms with van der Waals surface area (Å²) in [5, 5.41) is 3.18. The smallest absolute Gasteiger partial charge is 0.122 e. The maximum absolute atomic E-state index is 4.40. The highest BCUT2D eigenvalue weighted by Gasteiger charge is 2.15. The van der Waals surface area contributed by atoms with E-state index in [9.17, 15) is 0 Å². The molecule has 0 radical (unpaired) electrons. The van der Waals surface area contributed by atoms with Gasteiger partial charge in [-0.1, -0.05) is 0 Å². The summed E-state index contributed by atoms with van der Waals surface area (Å²) in [4.78, 5) is 11.0. The lowest BCUT2D eigenvalue weighted by Crippen LogP contribution is -2.23. The van der Waals surface area contributed by atoms with Crippen LogP contribution in [0.15, 0.2) is 24.0 Å². The molecule has 0 saturated heterocycles. The second kappa shape index (κ2) is 5.42. The average Bonchev–Trinajstić information content (AvgIpc) is 2.98. The van der Waals surface area contributed by atoms with Gasteiger partial charge in [0.25, 0.3) is 0 Å². The van der Waals surface area contributed by atoms with Gasteiger partial charge in [-0.15, -0.1) is 11.3 Å². The van der Waals surface area contributed by atoms with E-state index >= 15 is 0 Å². The standard InChI is InChI=1S/C12H18N4S/c1-4-16-7-5-13-11(16)9-15(3)10(2)12-14-6-8-17-12/h5-8,10H,4,9H2,1-3H3/t10-/m0/s1. The molecule has 2 aromatic rings. The topological polar surface area (TPSA) is 34.0 Å². The third-order valence-corrected chi connectivity index (χ3v) is 3.95. The lowest BCUT2D eigenvalue weighted by Gasteiger charge is -2.22. The molecule has 2 heterocycles. The van der Waals surface area contributed by atoms with Gasteiger partial charge in [-0.2, -0.15) is 0 Å². The second-order valence-electron chi connectivity index (χ2n) is 4.09. The molecule has 0 aromatic carbocycles. The van der Waals surface area contributed by atoms with Gasteiger partial charge in [-0.25, -0.2) is 9.97 Å². The summed E-state index contributed by atoms with van der Waals surface area (Å²) in [7, 11) is 2.11. The van der Waals surface area contributed by atoms with Crippen LogP contribution in [-0.2, 0) is 13.1 Å². The molecule has 0 aliphatic carbocycles. The fourth-order valence-electron chi connectivity index (χ4n) is 1.77. The van der Waals surface area contributed by atoms with Crippen LogP contribution in [0.3, 0.4) is 0 Å². The van der Waals surface area contributed by atoms with E-state index in [4.69, 9.17) is 0 Å². The minimum atomic E-state index is 0.331. The van der Waals surface area contributed by atoms with Gasteiger partial charge in [-0.3, -0.25) is 4.90 Å². The minimum absolute atomic E-state index is 0.331. The van der Waals surface area contributed by atoms with Crippen LogP contribution in [0.25, 0.3) is 0 Å². The first kappa shape index (κ1) is 12.3. The summed E-state index contributed by atoms with van der Waals surface area (Å²) in [6.45, 7) is 6.13. The average molecular weight is 250 g/mol. The molecule has 17 heavy (non-hydrogen) atoms. The summed E-state index contributed by atoms with van der Waals surface area (Å²) in [5.41, 5.74) is 0. The van der Waals surface area contributed by atoms with Crippen LogP contribution in [0.4, 0.5) is 0 Å². The summed E-state index contributed by atoms with van der Waals surface area (Å²) >= 11 is 1.70. The van der Waals surface area contributed by atoms with Gasteiger partial charge in [-0.05, 0) is 20.9 Å². The zero-order valence-electron chi connectivity index (χ0n) is 10.5. The Labute approximate surface area is 106 Å². The van der Waals surface area contributed by atoms with Crippen molar-refractivity contribution < 1.29 is 0 Å². The summed E-state index contributed by atoms with van der Waals surface area (Å²) in [6, 6.07) is 0.331. The number of hydrogen-bond acceptors (Lipinski definition) is 4. The number of thiazole rings is 1. The quantitative estimate of drug-likeness (QED) is 0.818. The fraction of sp³-hybridized carbons (Fsp3) is 0.500. The third kappa shape index (κ3) is 2.73. The van der Waals surface area contributed by atoms with Crippen LogP contribution >= 0.6 is 11.3 Å². The lowest BCUT2D eigenvalue weighted by atomic mass is 10.3. The van der Waals surface area contributed by atoms with Crippen molar-refractivity contribution in [3.8, 4) is 0 Å². The monoisotopic (exact) mass is 250 g/mol. The Hall–Kier alpha value is -1.20. The molecule has 0 spiro atoms. The number of hydrogen-bond donors (Lipinski definition) is 0. The highest BCUT2D eigenvalue weighted by molar-refractivity contribution is 7.09. The third-order valence-electron chi connectivity index (χ3n) is 3.00. The molecule has 0 amide bonds. The van der Waals surface area contributed by atoms with Crippen LogP contribution < -0.4 is 0 Å². The first-order chi connectivity index (χ1) is 8.22.